The maximum Gasteiger partial charge on any atom is 0.322 e. The smallest absolute Gasteiger partial charge is 0.322 e. The van der Waals surface area contributed by atoms with Crippen molar-refractivity contribution in [3.63, 3.8) is 0 Å². The minimum Gasteiger partial charge on any atom is -0.353 e. The zero-order valence-electron chi connectivity index (χ0n) is 16.0. The lowest BCUT2D eigenvalue weighted by atomic mass is 10.1. The van der Waals surface area contributed by atoms with E-state index in [1.807, 2.05) is 0 Å². The molecule has 2 aromatic carbocycles. The summed E-state index contributed by atoms with van der Waals surface area (Å²) in [7, 11) is 0. The topological polar surface area (TPSA) is 90.5 Å². The van der Waals surface area contributed by atoms with Crippen LogP contribution in [0.4, 0.5) is 20.6 Å². The van der Waals surface area contributed by atoms with Crippen molar-refractivity contribution < 1.29 is 18.8 Å². The average molecular weight is 453 g/mol. The van der Waals surface area contributed by atoms with Crippen molar-refractivity contribution >= 4 is 52.4 Å². The largest absolute Gasteiger partial charge is 0.353 e. The Hall–Kier alpha value is -2.84. The predicted octanol–water partition coefficient (Wildman–Crippen LogP) is 3.80. The summed E-state index contributed by atoms with van der Waals surface area (Å²) < 4.78 is 13.5. The van der Waals surface area contributed by atoms with Crippen LogP contribution in [0.3, 0.4) is 0 Å². The molecule has 1 aliphatic rings. The van der Waals surface area contributed by atoms with Crippen LogP contribution in [0.2, 0.25) is 10.0 Å². The second kappa shape index (κ2) is 9.32. The van der Waals surface area contributed by atoms with Gasteiger partial charge in [0.25, 0.3) is 0 Å². The molecule has 7 nitrogen and oxygen atoms in total. The Morgan fingerprint density at radius 2 is 1.93 bits per heavy atom. The van der Waals surface area contributed by atoms with Crippen molar-refractivity contribution in [3.05, 3.63) is 57.8 Å². The van der Waals surface area contributed by atoms with E-state index in [2.05, 4.69) is 16.0 Å². The number of rotatable bonds is 4. The molecule has 1 saturated heterocycles. The van der Waals surface area contributed by atoms with E-state index in [1.54, 1.807) is 13.0 Å². The Kier molecular flexibility index (Phi) is 6.79. The van der Waals surface area contributed by atoms with Crippen LogP contribution in [-0.4, -0.2) is 41.9 Å². The van der Waals surface area contributed by atoms with Gasteiger partial charge in [-0.05, 0) is 42.8 Å². The number of anilines is 2. The molecular weight excluding hydrogens is 434 g/mol. The van der Waals surface area contributed by atoms with E-state index < -0.39 is 29.7 Å². The number of amides is 4. The number of nitrogens with zero attached hydrogens (tertiary/aromatic N) is 1. The summed E-state index contributed by atoms with van der Waals surface area (Å²) >= 11 is 12.0. The second-order valence-electron chi connectivity index (χ2n) is 6.77. The Balaban J connectivity index is 1.73. The van der Waals surface area contributed by atoms with Crippen molar-refractivity contribution in [3.8, 4) is 0 Å². The highest BCUT2D eigenvalue weighted by Gasteiger charge is 2.35. The van der Waals surface area contributed by atoms with E-state index in [4.69, 9.17) is 23.2 Å². The zero-order chi connectivity index (χ0) is 21.8. The predicted molar refractivity (Wildman–Crippen MR) is 113 cm³/mol. The fraction of sp³-hybridized carbons (Fsp3) is 0.250. The maximum absolute atomic E-state index is 13.5. The lowest BCUT2D eigenvalue weighted by Gasteiger charge is -2.34. The lowest BCUT2D eigenvalue weighted by molar-refractivity contribution is -0.130. The number of hydrogen-bond donors (Lipinski definition) is 3. The Bertz CT molecular complexity index is 1000. The fourth-order valence-corrected chi connectivity index (χ4v) is 3.38. The van der Waals surface area contributed by atoms with Crippen LogP contribution in [0, 0.1) is 12.7 Å². The van der Waals surface area contributed by atoms with Gasteiger partial charge >= 0.3 is 6.03 Å². The summed E-state index contributed by atoms with van der Waals surface area (Å²) in [6, 6.07) is 6.98. The molecule has 2 aromatic rings. The molecular formula is C20H19Cl2FN4O3. The number of benzene rings is 2. The van der Waals surface area contributed by atoms with Crippen LogP contribution in [0.5, 0.6) is 0 Å². The second-order valence-corrected chi connectivity index (χ2v) is 7.61. The number of carbonyl (C=O) groups is 3. The number of nitrogens with one attached hydrogen (secondary N) is 3. The number of halogens is 3. The quantitative estimate of drug-likeness (QED) is 0.658. The number of hydrogen-bond acceptors (Lipinski definition) is 3. The van der Waals surface area contributed by atoms with Crippen molar-refractivity contribution in [2.24, 2.45) is 0 Å². The molecule has 3 N–H and O–H groups in total. The van der Waals surface area contributed by atoms with Crippen molar-refractivity contribution in [1.82, 2.24) is 10.2 Å². The molecule has 1 atom stereocenters. The van der Waals surface area contributed by atoms with E-state index in [0.717, 1.165) is 0 Å². The monoisotopic (exact) mass is 452 g/mol. The fourth-order valence-electron chi connectivity index (χ4n) is 3.05. The summed E-state index contributed by atoms with van der Waals surface area (Å²) in [4.78, 5) is 38.9. The first kappa shape index (κ1) is 21.9. The van der Waals surface area contributed by atoms with Gasteiger partial charge < -0.3 is 20.9 Å². The van der Waals surface area contributed by atoms with Crippen molar-refractivity contribution in [2.45, 2.75) is 19.4 Å². The molecule has 4 amide bonds. The van der Waals surface area contributed by atoms with E-state index in [-0.39, 0.29) is 24.5 Å². The van der Waals surface area contributed by atoms with Gasteiger partial charge in [0.15, 0.2) is 0 Å². The molecule has 0 unspecified atom stereocenters. The highest BCUT2D eigenvalue weighted by atomic mass is 35.5. The van der Waals surface area contributed by atoms with Gasteiger partial charge in [0.1, 0.15) is 11.9 Å². The zero-order valence-corrected chi connectivity index (χ0v) is 17.5. The first-order valence-electron chi connectivity index (χ1n) is 9.11. The third kappa shape index (κ3) is 5.20. The van der Waals surface area contributed by atoms with Crippen LogP contribution in [0.15, 0.2) is 36.4 Å². The van der Waals surface area contributed by atoms with Gasteiger partial charge in [-0.25, -0.2) is 9.18 Å². The van der Waals surface area contributed by atoms with E-state index in [0.29, 0.717) is 22.0 Å². The third-order valence-electron chi connectivity index (χ3n) is 4.61. The molecule has 10 heteroatoms. The SMILES string of the molecule is Cc1ccc(F)cc1NC(=O)N1CCNC(=O)[C@@H]1CC(=O)Nc1cc(Cl)ccc1Cl. The summed E-state index contributed by atoms with van der Waals surface area (Å²) in [6.07, 6.45) is -0.287. The Morgan fingerprint density at radius 1 is 1.17 bits per heavy atom. The molecule has 0 aliphatic carbocycles. The van der Waals surface area contributed by atoms with Gasteiger partial charge in [-0.1, -0.05) is 29.3 Å². The molecule has 0 bridgehead atoms. The summed E-state index contributed by atoms with van der Waals surface area (Å²) in [5, 5.41) is 8.53. The van der Waals surface area contributed by atoms with Gasteiger partial charge in [-0.2, -0.15) is 0 Å². The number of piperazine rings is 1. The normalized spacial score (nSPS) is 16.1. The highest BCUT2D eigenvalue weighted by molar-refractivity contribution is 6.35. The van der Waals surface area contributed by atoms with Gasteiger partial charge in [-0.15, -0.1) is 0 Å². The van der Waals surface area contributed by atoms with Gasteiger partial charge in [0.05, 0.1) is 17.1 Å². The first-order chi connectivity index (χ1) is 14.2. The number of urea groups is 1. The Labute approximate surface area is 182 Å². The molecule has 158 valence electrons. The average Bonchev–Trinajstić information content (AvgIpc) is 2.69. The van der Waals surface area contributed by atoms with Crippen LogP contribution in [-0.2, 0) is 9.59 Å². The van der Waals surface area contributed by atoms with E-state index >= 15 is 0 Å². The molecule has 3 rings (SSSR count). The van der Waals surface area contributed by atoms with Crippen molar-refractivity contribution in [2.75, 3.05) is 23.7 Å². The molecule has 1 aliphatic heterocycles. The number of carbonyl (C=O) groups excluding carboxylic acids is 3. The summed E-state index contributed by atoms with van der Waals surface area (Å²) in [5.74, 6) is -1.47. The van der Waals surface area contributed by atoms with E-state index in [9.17, 15) is 18.8 Å². The Morgan fingerprint density at radius 3 is 2.70 bits per heavy atom. The molecule has 30 heavy (non-hydrogen) atoms. The van der Waals surface area contributed by atoms with Crippen LogP contribution in [0.1, 0.15) is 12.0 Å². The minimum atomic E-state index is -1.04. The molecule has 1 fully saturated rings. The standard InChI is InChI=1S/C20H19Cl2FN4O3/c1-11-2-4-13(23)9-15(11)26-20(30)27-7-6-24-19(29)17(27)10-18(28)25-16-8-12(21)3-5-14(16)22/h2-5,8-9,17H,6-7,10H2,1H3,(H,24,29)(H,25,28)(H,26,30)/t17-/m0/s1. The molecule has 0 spiro atoms. The molecule has 0 saturated carbocycles. The molecule has 0 radical (unpaired) electrons. The lowest BCUT2D eigenvalue weighted by Crippen LogP contribution is -2.59. The van der Waals surface area contributed by atoms with Crippen LogP contribution < -0.4 is 16.0 Å². The maximum atomic E-state index is 13.5. The molecule has 1 heterocycles. The summed E-state index contributed by atoms with van der Waals surface area (Å²) in [6.45, 7) is 2.16. The van der Waals surface area contributed by atoms with Crippen molar-refractivity contribution in [1.29, 1.82) is 0 Å². The van der Waals surface area contributed by atoms with Crippen LogP contribution in [0.25, 0.3) is 0 Å². The summed E-state index contributed by atoms with van der Waals surface area (Å²) in [5.41, 5.74) is 1.26. The van der Waals surface area contributed by atoms with Gasteiger partial charge in [0, 0.05) is 23.8 Å². The van der Waals surface area contributed by atoms with E-state index in [1.165, 1.54) is 35.2 Å². The minimum absolute atomic E-state index is 0.196. The van der Waals surface area contributed by atoms with Crippen LogP contribution >= 0.6 is 23.2 Å². The third-order valence-corrected chi connectivity index (χ3v) is 5.18. The van der Waals surface area contributed by atoms with Gasteiger partial charge in [0.2, 0.25) is 11.8 Å². The molecule has 0 aromatic heterocycles. The first-order valence-corrected chi connectivity index (χ1v) is 9.86. The van der Waals surface area contributed by atoms with Gasteiger partial charge in [-0.3, -0.25) is 9.59 Å². The highest BCUT2D eigenvalue weighted by Crippen LogP contribution is 2.26. The number of aryl methyl sites for hydroxylation is 1.